The van der Waals surface area contributed by atoms with E-state index in [9.17, 15) is 19.8 Å². The zero-order chi connectivity index (χ0) is 22.7. The molecule has 3 heterocycles. The van der Waals surface area contributed by atoms with Crippen LogP contribution in [0.15, 0.2) is 52.1 Å². The summed E-state index contributed by atoms with van der Waals surface area (Å²) in [5, 5.41) is 21.0. The Morgan fingerprint density at radius 1 is 1.00 bits per heavy atom. The topological polar surface area (TPSA) is 98.6 Å². The normalized spacial score (nSPS) is 15.8. The van der Waals surface area contributed by atoms with Crippen molar-refractivity contribution in [1.29, 1.82) is 0 Å². The summed E-state index contributed by atoms with van der Waals surface area (Å²) in [5.74, 6) is -0.0562. The SMILES string of the molecule is Cc1ccc(-c2c3c(=O)n(C)c(=O)n(C)c3c3n2CCOC3c2cc(O)ccc2O)cc1. The molecule has 0 spiro atoms. The van der Waals surface area contributed by atoms with Crippen LogP contribution in [-0.2, 0) is 25.4 Å². The first-order valence-electron chi connectivity index (χ1n) is 10.3. The first-order valence-corrected chi connectivity index (χ1v) is 10.3. The van der Waals surface area contributed by atoms with Crippen molar-refractivity contribution in [2.45, 2.75) is 19.6 Å². The fourth-order valence-corrected chi connectivity index (χ4v) is 4.58. The molecule has 164 valence electrons. The number of hydrogen-bond acceptors (Lipinski definition) is 5. The Bertz CT molecular complexity index is 1490. The maximum absolute atomic E-state index is 13.4. The summed E-state index contributed by atoms with van der Waals surface area (Å²) in [6.07, 6.45) is -0.768. The number of ether oxygens (including phenoxy) is 1. The Morgan fingerprint density at radius 2 is 1.72 bits per heavy atom. The van der Waals surface area contributed by atoms with E-state index in [1.165, 1.54) is 29.8 Å². The van der Waals surface area contributed by atoms with Crippen LogP contribution in [-0.4, -0.2) is 30.5 Å². The van der Waals surface area contributed by atoms with Gasteiger partial charge in [-0.3, -0.25) is 13.9 Å². The first-order chi connectivity index (χ1) is 15.3. The number of aryl methyl sites for hydroxylation is 2. The smallest absolute Gasteiger partial charge is 0.331 e. The molecule has 5 rings (SSSR count). The van der Waals surface area contributed by atoms with Gasteiger partial charge in [0.1, 0.15) is 17.6 Å². The number of benzene rings is 2. The molecule has 0 saturated heterocycles. The van der Waals surface area contributed by atoms with Crippen molar-refractivity contribution in [1.82, 2.24) is 13.7 Å². The summed E-state index contributed by atoms with van der Waals surface area (Å²) >= 11 is 0. The van der Waals surface area contributed by atoms with E-state index in [4.69, 9.17) is 4.74 Å². The molecule has 0 saturated carbocycles. The predicted octanol–water partition coefficient (Wildman–Crippen LogP) is 2.54. The summed E-state index contributed by atoms with van der Waals surface area (Å²) in [5.41, 5.74) is 3.24. The Morgan fingerprint density at radius 3 is 2.44 bits per heavy atom. The standard InChI is InChI=1S/C24H23N3O5/c1-13-4-6-14(7-5-13)19-18-20(25(2)24(31)26(3)23(18)30)21-22(32-11-10-27(19)21)16-12-15(28)8-9-17(16)29/h4-9,12,22,28-29H,10-11H2,1-3H3. The second-order valence-corrected chi connectivity index (χ2v) is 8.17. The number of fused-ring (bicyclic) bond motifs is 3. The summed E-state index contributed by atoms with van der Waals surface area (Å²) in [6.45, 7) is 2.80. The van der Waals surface area contributed by atoms with Crippen LogP contribution in [0.1, 0.15) is 22.9 Å². The van der Waals surface area contributed by atoms with Gasteiger partial charge in [0.15, 0.2) is 0 Å². The Hall–Kier alpha value is -3.78. The molecule has 1 aliphatic heterocycles. The van der Waals surface area contributed by atoms with Crippen LogP contribution in [0, 0.1) is 6.92 Å². The van der Waals surface area contributed by atoms with E-state index in [0.29, 0.717) is 41.0 Å². The molecule has 8 heteroatoms. The average Bonchev–Trinajstić information content (AvgIpc) is 3.14. The lowest BCUT2D eigenvalue weighted by atomic mass is 10.0. The van der Waals surface area contributed by atoms with Gasteiger partial charge in [0.2, 0.25) is 0 Å². The van der Waals surface area contributed by atoms with Crippen LogP contribution in [0.2, 0.25) is 0 Å². The van der Waals surface area contributed by atoms with Gasteiger partial charge in [-0.2, -0.15) is 0 Å². The molecule has 0 fully saturated rings. The highest BCUT2D eigenvalue weighted by atomic mass is 16.5. The van der Waals surface area contributed by atoms with Crippen LogP contribution in [0.4, 0.5) is 0 Å². The van der Waals surface area contributed by atoms with Crippen molar-refractivity contribution >= 4 is 10.9 Å². The lowest BCUT2D eigenvalue weighted by Crippen LogP contribution is -2.37. The minimum atomic E-state index is -0.768. The predicted molar refractivity (Wildman–Crippen MR) is 120 cm³/mol. The first kappa shape index (κ1) is 20.1. The maximum Gasteiger partial charge on any atom is 0.331 e. The van der Waals surface area contributed by atoms with E-state index in [2.05, 4.69) is 0 Å². The molecule has 4 aromatic rings. The van der Waals surface area contributed by atoms with Crippen molar-refractivity contribution in [2.24, 2.45) is 14.1 Å². The summed E-state index contributed by atoms with van der Waals surface area (Å²) < 4.78 is 10.6. The van der Waals surface area contributed by atoms with Crippen LogP contribution in [0.25, 0.3) is 22.2 Å². The fourth-order valence-electron chi connectivity index (χ4n) is 4.58. The highest BCUT2D eigenvalue weighted by molar-refractivity contribution is 5.96. The second-order valence-electron chi connectivity index (χ2n) is 8.17. The number of rotatable bonds is 2. The van der Waals surface area contributed by atoms with Gasteiger partial charge in [0.25, 0.3) is 5.56 Å². The maximum atomic E-state index is 13.4. The Labute approximate surface area is 183 Å². The van der Waals surface area contributed by atoms with E-state index < -0.39 is 11.8 Å². The lowest BCUT2D eigenvalue weighted by Gasteiger charge is -2.28. The van der Waals surface area contributed by atoms with Crippen LogP contribution < -0.4 is 11.2 Å². The Balaban J connectivity index is 1.95. The van der Waals surface area contributed by atoms with Crippen LogP contribution in [0.3, 0.4) is 0 Å². The fraction of sp³-hybridized carbons (Fsp3) is 0.250. The zero-order valence-electron chi connectivity index (χ0n) is 18.0. The molecule has 2 aromatic carbocycles. The zero-order valence-corrected chi connectivity index (χ0v) is 18.0. The summed E-state index contributed by atoms with van der Waals surface area (Å²) in [4.78, 5) is 26.2. The molecule has 0 radical (unpaired) electrons. The molecule has 0 aliphatic carbocycles. The number of aromatic hydroxyl groups is 2. The van der Waals surface area contributed by atoms with Crippen molar-refractivity contribution in [3.05, 3.63) is 80.1 Å². The van der Waals surface area contributed by atoms with E-state index >= 15 is 0 Å². The average molecular weight is 433 g/mol. The van der Waals surface area contributed by atoms with Crippen molar-refractivity contribution in [3.63, 3.8) is 0 Å². The van der Waals surface area contributed by atoms with Gasteiger partial charge in [0.05, 0.1) is 28.9 Å². The van der Waals surface area contributed by atoms with Gasteiger partial charge in [-0.15, -0.1) is 0 Å². The molecule has 0 bridgehead atoms. The van der Waals surface area contributed by atoms with Crippen molar-refractivity contribution in [2.75, 3.05) is 6.61 Å². The van der Waals surface area contributed by atoms with Crippen LogP contribution >= 0.6 is 0 Å². The van der Waals surface area contributed by atoms with Gasteiger partial charge < -0.3 is 19.5 Å². The number of phenols is 2. The highest BCUT2D eigenvalue weighted by Gasteiger charge is 2.34. The Kier molecular flexibility index (Phi) is 4.49. The van der Waals surface area contributed by atoms with E-state index in [1.54, 1.807) is 7.05 Å². The molecule has 0 amide bonds. The molecular formula is C24H23N3O5. The number of phenolic OH excluding ortho intramolecular Hbond substituents is 2. The van der Waals surface area contributed by atoms with E-state index in [-0.39, 0.29) is 17.1 Å². The third-order valence-corrected chi connectivity index (χ3v) is 6.17. The minimum absolute atomic E-state index is 0.0158. The number of hydrogen-bond donors (Lipinski definition) is 2. The molecule has 1 unspecified atom stereocenters. The largest absolute Gasteiger partial charge is 0.508 e. The van der Waals surface area contributed by atoms with E-state index in [0.717, 1.165) is 15.7 Å². The highest BCUT2D eigenvalue weighted by Crippen LogP contribution is 2.43. The monoisotopic (exact) mass is 433 g/mol. The summed E-state index contributed by atoms with van der Waals surface area (Å²) in [7, 11) is 3.09. The van der Waals surface area contributed by atoms with E-state index in [1.807, 2.05) is 35.8 Å². The molecule has 2 aromatic heterocycles. The molecular weight excluding hydrogens is 410 g/mol. The number of nitrogens with zero attached hydrogens (tertiary/aromatic N) is 3. The number of aromatic nitrogens is 3. The van der Waals surface area contributed by atoms with Crippen LogP contribution in [0.5, 0.6) is 11.5 Å². The quantitative estimate of drug-likeness (QED) is 0.474. The van der Waals surface area contributed by atoms with Gasteiger partial charge in [-0.25, -0.2) is 4.79 Å². The molecule has 2 N–H and O–H groups in total. The summed E-state index contributed by atoms with van der Waals surface area (Å²) in [6, 6.07) is 12.1. The van der Waals surface area contributed by atoms with Gasteiger partial charge >= 0.3 is 5.69 Å². The van der Waals surface area contributed by atoms with Gasteiger partial charge in [0, 0.05) is 26.2 Å². The molecule has 1 atom stereocenters. The van der Waals surface area contributed by atoms with Crippen molar-refractivity contribution < 1.29 is 14.9 Å². The molecule has 8 nitrogen and oxygen atoms in total. The third kappa shape index (κ3) is 2.80. The van der Waals surface area contributed by atoms with Gasteiger partial charge in [-0.05, 0) is 30.7 Å². The molecule has 32 heavy (non-hydrogen) atoms. The van der Waals surface area contributed by atoms with Crippen molar-refractivity contribution in [3.8, 4) is 22.8 Å². The van der Waals surface area contributed by atoms with Gasteiger partial charge in [-0.1, -0.05) is 29.8 Å². The lowest BCUT2D eigenvalue weighted by molar-refractivity contribution is 0.0463. The second kappa shape index (κ2) is 7.13. The third-order valence-electron chi connectivity index (χ3n) is 6.17. The minimum Gasteiger partial charge on any atom is -0.508 e. The molecule has 1 aliphatic rings.